The molecule has 1 unspecified atom stereocenters. The molecule has 1 heterocycles. The molecule has 1 atom stereocenters. The van der Waals surface area contributed by atoms with E-state index in [4.69, 9.17) is 0 Å². The van der Waals surface area contributed by atoms with Crippen molar-refractivity contribution in [1.82, 2.24) is 10.0 Å². The Hall–Kier alpha value is -0.180. The van der Waals surface area contributed by atoms with Gasteiger partial charge in [-0.2, -0.15) is 0 Å². The number of sulfonamides is 1. The average molecular weight is 296 g/mol. The Morgan fingerprint density at radius 1 is 1.33 bits per heavy atom. The van der Waals surface area contributed by atoms with Crippen molar-refractivity contribution in [3.63, 3.8) is 0 Å². The Bertz CT molecular complexity index is 510. The number of hydrogen-bond acceptors (Lipinski definition) is 5. The standard InChI is InChI=1S/C10H20N2O4S2/c1-10(4-6-17(13,14)8-10)12-18(15,16)7-5-11-9-2-3-9/h9,11-12H,2-8H2,1H3. The van der Waals surface area contributed by atoms with Crippen LogP contribution < -0.4 is 10.0 Å². The summed E-state index contributed by atoms with van der Waals surface area (Å²) in [6.45, 7) is 2.08. The van der Waals surface area contributed by atoms with Gasteiger partial charge in [0.2, 0.25) is 10.0 Å². The van der Waals surface area contributed by atoms with Gasteiger partial charge >= 0.3 is 0 Å². The highest BCUT2D eigenvalue weighted by atomic mass is 32.2. The molecule has 8 heteroatoms. The second-order valence-electron chi connectivity index (χ2n) is 5.55. The van der Waals surface area contributed by atoms with Gasteiger partial charge in [-0.1, -0.05) is 0 Å². The van der Waals surface area contributed by atoms with Crippen molar-refractivity contribution in [2.75, 3.05) is 23.8 Å². The Morgan fingerprint density at radius 2 is 2.00 bits per heavy atom. The third kappa shape index (κ3) is 4.18. The number of sulfone groups is 1. The van der Waals surface area contributed by atoms with Gasteiger partial charge in [0.15, 0.2) is 9.84 Å². The molecule has 1 aliphatic carbocycles. The first-order chi connectivity index (χ1) is 8.20. The highest BCUT2D eigenvalue weighted by molar-refractivity contribution is 7.92. The molecule has 18 heavy (non-hydrogen) atoms. The van der Waals surface area contributed by atoms with E-state index in [9.17, 15) is 16.8 Å². The fourth-order valence-corrected chi connectivity index (χ4v) is 5.80. The third-order valence-electron chi connectivity index (χ3n) is 3.29. The third-order valence-corrected chi connectivity index (χ3v) is 6.73. The zero-order valence-electron chi connectivity index (χ0n) is 10.5. The van der Waals surface area contributed by atoms with Gasteiger partial charge in [-0.05, 0) is 26.2 Å². The fraction of sp³-hybridized carbons (Fsp3) is 1.00. The highest BCUT2D eigenvalue weighted by Crippen LogP contribution is 2.23. The average Bonchev–Trinajstić information content (AvgIpc) is 2.92. The maximum atomic E-state index is 11.9. The summed E-state index contributed by atoms with van der Waals surface area (Å²) in [5.74, 6) is -0.0409. The van der Waals surface area contributed by atoms with E-state index >= 15 is 0 Å². The van der Waals surface area contributed by atoms with Gasteiger partial charge in [-0.25, -0.2) is 21.6 Å². The molecule has 2 N–H and O–H groups in total. The van der Waals surface area contributed by atoms with Gasteiger partial charge < -0.3 is 5.32 Å². The van der Waals surface area contributed by atoms with Crippen molar-refractivity contribution in [3.8, 4) is 0 Å². The van der Waals surface area contributed by atoms with Gasteiger partial charge in [0, 0.05) is 18.1 Å². The number of nitrogens with one attached hydrogen (secondary N) is 2. The van der Waals surface area contributed by atoms with Gasteiger partial charge in [-0.15, -0.1) is 0 Å². The van der Waals surface area contributed by atoms with Crippen LogP contribution in [0.25, 0.3) is 0 Å². The van der Waals surface area contributed by atoms with Crippen LogP contribution in [0, 0.1) is 0 Å². The van der Waals surface area contributed by atoms with Crippen molar-refractivity contribution in [2.24, 2.45) is 0 Å². The van der Waals surface area contributed by atoms with Crippen LogP contribution in [0.5, 0.6) is 0 Å². The molecular weight excluding hydrogens is 276 g/mol. The Kier molecular flexibility index (Phi) is 3.74. The van der Waals surface area contributed by atoms with Crippen LogP contribution in [0.3, 0.4) is 0 Å². The van der Waals surface area contributed by atoms with Crippen molar-refractivity contribution >= 4 is 19.9 Å². The minimum Gasteiger partial charge on any atom is -0.313 e. The largest absolute Gasteiger partial charge is 0.313 e. The number of hydrogen-bond donors (Lipinski definition) is 2. The zero-order chi connectivity index (χ0) is 13.4. The van der Waals surface area contributed by atoms with E-state index in [1.807, 2.05) is 0 Å². The van der Waals surface area contributed by atoms with E-state index in [2.05, 4.69) is 10.0 Å². The molecule has 0 radical (unpaired) electrons. The Morgan fingerprint density at radius 3 is 2.50 bits per heavy atom. The first-order valence-corrected chi connectivity index (χ1v) is 9.63. The number of rotatable bonds is 6. The minimum absolute atomic E-state index is 0.000856. The van der Waals surface area contributed by atoms with Crippen LogP contribution in [0.2, 0.25) is 0 Å². The van der Waals surface area contributed by atoms with Gasteiger partial charge in [0.05, 0.1) is 17.3 Å². The first-order valence-electron chi connectivity index (χ1n) is 6.15. The lowest BCUT2D eigenvalue weighted by Crippen LogP contribution is -2.48. The van der Waals surface area contributed by atoms with E-state index in [0.29, 0.717) is 19.0 Å². The molecule has 2 aliphatic rings. The summed E-state index contributed by atoms with van der Waals surface area (Å²) in [4.78, 5) is 0. The lowest BCUT2D eigenvalue weighted by Gasteiger charge is -2.23. The van der Waals surface area contributed by atoms with Gasteiger partial charge in [-0.3, -0.25) is 0 Å². The normalized spacial score (nSPS) is 31.6. The second kappa shape index (κ2) is 4.73. The van der Waals surface area contributed by atoms with Crippen LogP contribution in [0.15, 0.2) is 0 Å². The molecule has 2 fully saturated rings. The molecule has 1 saturated carbocycles. The molecule has 0 aromatic carbocycles. The molecular formula is C10H20N2O4S2. The van der Waals surface area contributed by atoms with E-state index in [1.54, 1.807) is 6.92 Å². The van der Waals surface area contributed by atoms with Gasteiger partial charge in [0.1, 0.15) is 0 Å². The monoisotopic (exact) mass is 296 g/mol. The zero-order valence-corrected chi connectivity index (χ0v) is 12.1. The van der Waals surface area contributed by atoms with E-state index < -0.39 is 25.4 Å². The molecule has 106 valence electrons. The van der Waals surface area contributed by atoms with Crippen molar-refractivity contribution < 1.29 is 16.8 Å². The van der Waals surface area contributed by atoms with Crippen LogP contribution in [0.1, 0.15) is 26.2 Å². The van der Waals surface area contributed by atoms with E-state index in [0.717, 1.165) is 12.8 Å². The van der Waals surface area contributed by atoms with E-state index in [-0.39, 0.29) is 17.3 Å². The second-order valence-corrected chi connectivity index (χ2v) is 9.58. The Balaban J connectivity index is 1.86. The van der Waals surface area contributed by atoms with Crippen LogP contribution >= 0.6 is 0 Å². The predicted octanol–water partition coefficient (Wildman–Crippen LogP) is -0.765. The summed E-state index contributed by atoms with van der Waals surface area (Å²) in [7, 11) is -6.51. The van der Waals surface area contributed by atoms with Gasteiger partial charge in [0.25, 0.3) is 0 Å². The summed E-state index contributed by atoms with van der Waals surface area (Å²) in [6, 6.07) is 0.475. The molecule has 1 aliphatic heterocycles. The quantitative estimate of drug-likeness (QED) is 0.672. The first kappa shape index (κ1) is 14.2. The molecule has 0 aromatic rings. The summed E-state index contributed by atoms with van der Waals surface area (Å²) in [6.07, 6.45) is 2.58. The van der Waals surface area contributed by atoms with Crippen LogP contribution in [-0.4, -0.2) is 52.2 Å². The molecule has 0 bridgehead atoms. The SMILES string of the molecule is CC1(NS(=O)(=O)CCNC2CC2)CCS(=O)(=O)C1. The lowest BCUT2D eigenvalue weighted by molar-refractivity contribution is 0.461. The van der Waals surface area contributed by atoms with Crippen molar-refractivity contribution in [1.29, 1.82) is 0 Å². The lowest BCUT2D eigenvalue weighted by atomic mass is 10.0. The van der Waals surface area contributed by atoms with Crippen molar-refractivity contribution in [3.05, 3.63) is 0 Å². The predicted molar refractivity (Wildman–Crippen MR) is 69.6 cm³/mol. The van der Waals surface area contributed by atoms with Crippen LogP contribution in [-0.2, 0) is 19.9 Å². The summed E-state index contributed by atoms with van der Waals surface area (Å²) in [5, 5.41) is 3.13. The highest BCUT2D eigenvalue weighted by Gasteiger charge is 2.40. The Labute approximate surface area is 108 Å². The summed E-state index contributed by atoms with van der Waals surface area (Å²) in [5.41, 5.74) is -0.836. The maximum Gasteiger partial charge on any atom is 0.213 e. The smallest absolute Gasteiger partial charge is 0.213 e. The molecule has 0 amide bonds. The molecule has 0 spiro atoms. The fourth-order valence-electron chi connectivity index (χ4n) is 2.20. The molecule has 0 aromatic heterocycles. The van der Waals surface area contributed by atoms with Crippen LogP contribution in [0.4, 0.5) is 0 Å². The topological polar surface area (TPSA) is 92.3 Å². The summed E-state index contributed by atoms with van der Waals surface area (Å²) < 4.78 is 49.0. The minimum atomic E-state index is -3.42. The van der Waals surface area contributed by atoms with Crippen molar-refractivity contribution in [2.45, 2.75) is 37.8 Å². The molecule has 1 saturated heterocycles. The molecule has 6 nitrogen and oxygen atoms in total. The van der Waals surface area contributed by atoms with E-state index in [1.165, 1.54) is 0 Å². The molecule has 2 rings (SSSR count). The summed E-state index contributed by atoms with van der Waals surface area (Å²) >= 11 is 0. The maximum absolute atomic E-state index is 11.9.